The molecule has 0 rings (SSSR count). The smallest absolute Gasteiger partial charge is 0.397 e. The fourth-order valence-electron chi connectivity index (χ4n) is 0.117. The van der Waals surface area contributed by atoms with E-state index in [1.807, 2.05) is 0 Å². The Bertz CT molecular complexity index is 357. The lowest BCUT2D eigenvalue weighted by Crippen LogP contribution is -2.11. The highest BCUT2D eigenvalue weighted by atomic mass is 33.2. The van der Waals surface area contributed by atoms with Gasteiger partial charge in [-0.1, -0.05) is 6.58 Å². The molecule has 84 valence electrons. The first-order valence-electron chi connectivity index (χ1n) is 2.75. The van der Waals surface area contributed by atoms with Gasteiger partial charge in [0, 0.05) is 6.92 Å². The van der Waals surface area contributed by atoms with Crippen molar-refractivity contribution in [1.29, 1.82) is 0 Å². The Balaban J connectivity index is 0. The van der Waals surface area contributed by atoms with Gasteiger partial charge in [0.15, 0.2) is 0 Å². The predicted octanol–water partition coefficient (Wildman–Crippen LogP) is -0.630. The SMILES string of the molecule is C=COC(C)=O.O=S(=O)(O)S(=O)(=O)O. The molecule has 0 aliphatic rings. The lowest BCUT2D eigenvalue weighted by molar-refractivity contribution is -0.135. The largest absolute Gasteiger partial charge is 0.435 e. The van der Waals surface area contributed by atoms with Crippen molar-refractivity contribution in [3.05, 3.63) is 12.8 Å². The van der Waals surface area contributed by atoms with Gasteiger partial charge in [0.1, 0.15) is 0 Å². The Kier molecular flexibility index (Phi) is 6.31. The molecule has 0 saturated heterocycles. The third-order valence-electron chi connectivity index (χ3n) is 0.515. The molecule has 0 aromatic carbocycles. The Morgan fingerprint density at radius 3 is 1.50 bits per heavy atom. The molecule has 0 saturated carbocycles. The van der Waals surface area contributed by atoms with Crippen molar-refractivity contribution in [3.63, 3.8) is 0 Å². The van der Waals surface area contributed by atoms with Crippen molar-refractivity contribution in [2.45, 2.75) is 6.92 Å². The summed E-state index contributed by atoms with van der Waals surface area (Å²) in [4.78, 5) is 9.75. The number of ether oxygens (including phenoxy) is 1. The standard InChI is InChI=1S/C4H6O2.H2O6S2/c1-3-6-4(2)5;1-7(2,3)8(4,5)6/h3H,1H2,2H3;(H,1,2,3)(H,4,5,6). The molecule has 0 aromatic heterocycles. The first-order chi connectivity index (χ1) is 6.02. The van der Waals surface area contributed by atoms with E-state index in [2.05, 4.69) is 11.3 Å². The molecule has 0 fully saturated rings. The van der Waals surface area contributed by atoms with Crippen LogP contribution in [0.5, 0.6) is 0 Å². The summed E-state index contributed by atoms with van der Waals surface area (Å²) in [5.41, 5.74) is 0. The van der Waals surface area contributed by atoms with Crippen LogP contribution in [-0.4, -0.2) is 31.9 Å². The molecule has 0 amide bonds. The number of carbonyl (C=O) groups is 1. The van der Waals surface area contributed by atoms with Crippen molar-refractivity contribution in [2.24, 2.45) is 0 Å². The summed E-state index contributed by atoms with van der Waals surface area (Å²) in [5, 5.41) is 0. The molecule has 10 heteroatoms. The molecule has 0 aromatic rings. The summed E-state index contributed by atoms with van der Waals surface area (Å²) in [7, 11) is -10.6. The van der Waals surface area contributed by atoms with Gasteiger partial charge >= 0.3 is 24.3 Å². The summed E-state index contributed by atoms with van der Waals surface area (Å²) in [5.74, 6) is -0.329. The van der Waals surface area contributed by atoms with E-state index < -0.39 is 18.3 Å². The van der Waals surface area contributed by atoms with Gasteiger partial charge in [0.2, 0.25) is 0 Å². The van der Waals surface area contributed by atoms with Crippen LogP contribution in [0.4, 0.5) is 0 Å². The minimum absolute atomic E-state index is 0.329. The molecular formula is C4H8O8S2. The Morgan fingerprint density at radius 1 is 1.21 bits per heavy atom. The number of carbonyl (C=O) groups excluding carboxylic acids is 1. The molecule has 0 spiro atoms. The van der Waals surface area contributed by atoms with Gasteiger partial charge in [-0.2, -0.15) is 16.8 Å². The molecule has 0 unspecified atom stereocenters. The molecule has 0 aliphatic carbocycles. The maximum Gasteiger partial charge on any atom is 0.397 e. The second kappa shape index (κ2) is 5.70. The second-order valence-electron chi connectivity index (χ2n) is 1.63. The van der Waals surface area contributed by atoms with Crippen LogP contribution in [0, 0.1) is 0 Å². The molecule has 0 heterocycles. The average Bonchev–Trinajstić information content (AvgIpc) is 1.82. The van der Waals surface area contributed by atoms with Crippen molar-refractivity contribution in [1.82, 2.24) is 0 Å². The molecular weight excluding hydrogens is 240 g/mol. The van der Waals surface area contributed by atoms with Crippen LogP contribution in [0.1, 0.15) is 6.92 Å². The molecule has 0 radical (unpaired) electrons. The lowest BCUT2D eigenvalue weighted by atomic mass is 10.8. The van der Waals surface area contributed by atoms with Gasteiger partial charge in [0.25, 0.3) is 0 Å². The summed E-state index contributed by atoms with van der Waals surface area (Å²) in [6.07, 6.45) is 1.10. The fraction of sp³-hybridized carbons (Fsp3) is 0.250. The van der Waals surface area contributed by atoms with Gasteiger partial charge in [-0.15, -0.1) is 0 Å². The maximum absolute atomic E-state index is 9.75. The summed E-state index contributed by atoms with van der Waals surface area (Å²) < 4.78 is 56.6. The minimum atomic E-state index is -5.31. The zero-order chi connectivity index (χ0) is 12.0. The van der Waals surface area contributed by atoms with E-state index in [-0.39, 0.29) is 5.97 Å². The van der Waals surface area contributed by atoms with Crippen LogP contribution < -0.4 is 0 Å². The highest BCUT2D eigenvalue weighted by molar-refractivity contribution is 8.62. The summed E-state index contributed by atoms with van der Waals surface area (Å²) in [6, 6.07) is 0. The zero-order valence-corrected chi connectivity index (χ0v) is 8.58. The number of hydrogen-bond donors (Lipinski definition) is 2. The van der Waals surface area contributed by atoms with Crippen LogP contribution in [0.3, 0.4) is 0 Å². The number of esters is 1. The average molecular weight is 248 g/mol. The molecule has 2 N–H and O–H groups in total. The Hall–Kier alpha value is -0.970. The fourth-order valence-corrected chi connectivity index (χ4v) is 0.117. The van der Waals surface area contributed by atoms with Crippen molar-refractivity contribution < 1.29 is 35.5 Å². The van der Waals surface area contributed by atoms with Gasteiger partial charge in [-0.3, -0.25) is 13.9 Å². The van der Waals surface area contributed by atoms with Crippen LogP contribution in [0.25, 0.3) is 0 Å². The van der Waals surface area contributed by atoms with E-state index in [9.17, 15) is 21.6 Å². The molecule has 14 heavy (non-hydrogen) atoms. The monoisotopic (exact) mass is 248 g/mol. The van der Waals surface area contributed by atoms with E-state index in [1.54, 1.807) is 0 Å². The van der Waals surface area contributed by atoms with Gasteiger partial charge in [0.05, 0.1) is 6.26 Å². The van der Waals surface area contributed by atoms with E-state index in [1.165, 1.54) is 6.92 Å². The second-order valence-corrected chi connectivity index (χ2v) is 5.87. The summed E-state index contributed by atoms with van der Waals surface area (Å²) in [6.45, 7) is 4.48. The van der Waals surface area contributed by atoms with E-state index in [0.717, 1.165) is 6.26 Å². The zero-order valence-electron chi connectivity index (χ0n) is 6.94. The lowest BCUT2D eigenvalue weighted by Gasteiger charge is -1.84. The van der Waals surface area contributed by atoms with E-state index >= 15 is 0 Å². The number of hydrogen-bond acceptors (Lipinski definition) is 6. The van der Waals surface area contributed by atoms with Crippen LogP contribution in [-0.2, 0) is 27.8 Å². The highest BCUT2D eigenvalue weighted by Crippen LogP contribution is 1.90. The maximum atomic E-state index is 9.75. The Morgan fingerprint density at radius 2 is 1.50 bits per heavy atom. The molecule has 0 atom stereocenters. The van der Waals surface area contributed by atoms with Gasteiger partial charge < -0.3 is 4.74 Å². The normalized spacial score (nSPS) is 10.8. The topological polar surface area (TPSA) is 135 Å². The van der Waals surface area contributed by atoms with Gasteiger partial charge in [-0.25, -0.2) is 0 Å². The van der Waals surface area contributed by atoms with Gasteiger partial charge in [-0.05, 0) is 0 Å². The van der Waals surface area contributed by atoms with Crippen molar-refractivity contribution in [3.8, 4) is 0 Å². The minimum Gasteiger partial charge on any atom is -0.435 e. The summed E-state index contributed by atoms with van der Waals surface area (Å²) >= 11 is 0. The van der Waals surface area contributed by atoms with Crippen molar-refractivity contribution >= 4 is 24.3 Å². The third kappa shape index (κ3) is 9.12. The molecule has 0 aliphatic heterocycles. The highest BCUT2D eigenvalue weighted by Gasteiger charge is 2.22. The van der Waals surface area contributed by atoms with Crippen LogP contribution in [0.2, 0.25) is 0 Å². The van der Waals surface area contributed by atoms with Crippen LogP contribution in [0.15, 0.2) is 12.8 Å². The third-order valence-corrected chi connectivity index (χ3v) is 2.64. The first-order valence-corrected chi connectivity index (χ1v) is 6.15. The van der Waals surface area contributed by atoms with E-state index in [0.29, 0.717) is 0 Å². The van der Waals surface area contributed by atoms with Crippen LogP contribution >= 0.6 is 0 Å². The van der Waals surface area contributed by atoms with E-state index in [4.69, 9.17) is 9.11 Å². The quantitative estimate of drug-likeness (QED) is 0.285. The molecule has 8 nitrogen and oxygen atoms in total. The van der Waals surface area contributed by atoms with Crippen molar-refractivity contribution in [2.75, 3.05) is 0 Å². The number of rotatable bonds is 2. The Labute approximate surface area is 80.1 Å². The molecule has 0 bridgehead atoms. The predicted molar refractivity (Wildman–Crippen MR) is 45.1 cm³/mol. The first kappa shape index (κ1) is 15.5.